The lowest BCUT2D eigenvalue weighted by molar-refractivity contribution is 0.811. The predicted molar refractivity (Wildman–Crippen MR) is 74.3 cm³/mol. The first kappa shape index (κ1) is 13.0. The Balaban J connectivity index is 2.16. The highest BCUT2D eigenvalue weighted by molar-refractivity contribution is 6.37. The Hall–Kier alpha value is -1.46. The van der Waals surface area contributed by atoms with Crippen LogP contribution in [-0.4, -0.2) is 21.6 Å². The Bertz CT molecular complexity index is 552. The van der Waals surface area contributed by atoms with E-state index >= 15 is 0 Å². The Morgan fingerprint density at radius 3 is 2.61 bits per heavy atom. The summed E-state index contributed by atoms with van der Waals surface area (Å²) in [6.07, 6.45) is 3.62. The van der Waals surface area contributed by atoms with E-state index in [0.717, 1.165) is 5.82 Å². The van der Waals surface area contributed by atoms with Gasteiger partial charge in [0.1, 0.15) is 17.5 Å². The molecule has 0 saturated heterocycles. The van der Waals surface area contributed by atoms with Crippen LogP contribution in [0.4, 0.5) is 11.6 Å². The van der Waals surface area contributed by atoms with Crippen molar-refractivity contribution in [3.05, 3.63) is 34.3 Å². The van der Waals surface area contributed by atoms with Crippen LogP contribution in [-0.2, 0) is 13.6 Å². The highest BCUT2D eigenvalue weighted by Gasteiger charge is 2.09. The lowest BCUT2D eigenvalue weighted by atomic mass is 10.4. The standard InChI is InChI=1S/C11H13Cl2N5/c1-14-10-7(12)5-8(13)11(17-10)16-6-9-15-3-4-18(9)2/h3-5H,6H2,1-2H3,(H2,14,16,17). The lowest BCUT2D eigenvalue weighted by Crippen LogP contribution is -2.08. The Morgan fingerprint density at radius 2 is 2.00 bits per heavy atom. The van der Waals surface area contributed by atoms with E-state index in [-0.39, 0.29) is 0 Å². The van der Waals surface area contributed by atoms with Crippen LogP contribution in [0.2, 0.25) is 10.0 Å². The molecule has 0 radical (unpaired) electrons. The fourth-order valence-electron chi connectivity index (χ4n) is 1.50. The van der Waals surface area contributed by atoms with Crippen molar-refractivity contribution in [2.45, 2.75) is 6.54 Å². The van der Waals surface area contributed by atoms with Gasteiger partial charge >= 0.3 is 0 Å². The number of aromatic nitrogens is 3. The average molecular weight is 286 g/mol. The molecule has 0 aliphatic rings. The van der Waals surface area contributed by atoms with Crippen LogP contribution in [0, 0.1) is 0 Å². The molecule has 2 N–H and O–H groups in total. The summed E-state index contributed by atoms with van der Waals surface area (Å²) in [6, 6.07) is 1.66. The number of halogens is 2. The quantitative estimate of drug-likeness (QED) is 0.907. The Labute approximate surface area is 115 Å². The molecule has 7 heteroatoms. The van der Waals surface area contributed by atoms with Crippen molar-refractivity contribution in [3.63, 3.8) is 0 Å². The first-order chi connectivity index (χ1) is 8.61. The molecule has 2 rings (SSSR count). The second-order valence-electron chi connectivity index (χ2n) is 3.71. The summed E-state index contributed by atoms with van der Waals surface area (Å²) in [5.74, 6) is 2.06. The molecule has 0 unspecified atom stereocenters. The number of hydrogen-bond acceptors (Lipinski definition) is 4. The minimum Gasteiger partial charge on any atom is -0.372 e. The number of nitrogens with one attached hydrogen (secondary N) is 2. The van der Waals surface area contributed by atoms with Crippen molar-refractivity contribution in [2.75, 3.05) is 17.7 Å². The molecule has 5 nitrogen and oxygen atoms in total. The van der Waals surface area contributed by atoms with Crippen LogP contribution >= 0.6 is 23.2 Å². The third-order valence-corrected chi connectivity index (χ3v) is 3.08. The average Bonchev–Trinajstić information content (AvgIpc) is 2.74. The second kappa shape index (κ2) is 5.46. The van der Waals surface area contributed by atoms with Crippen LogP contribution in [0.5, 0.6) is 0 Å². The molecule has 18 heavy (non-hydrogen) atoms. The summed E-state index contributed by atoms with van der Waals surface area (Å²) in [5.41, 5.74) is 0. The van der Waals surface area contributed by atoms with Crippen molar-refractivity contribution in [2.24, 2.45) is 7.05 Å². The van der Waals surface area contributed by atoms with E-state index in [1.54, 1.807) is 19.3 Å². The Morgan fingerprint density at radius 1 is 1.28 bits per heavy atom. The van der Waals surface area contributed by atoms with Crippen molar-refractivity contribution in [1.29, 1.82) is 0 Å². The highest BCUT2D eigenvalue weighted by Crippen LogP contribution is 2.28. The van der Waals surface area contributed by atoms with Gasteiger partial charge in [-0.2, -0.15) is 0 Å². The van der Waals surface area contributed by atoms with Crippen molar-refractivity contribution < 1.29 is 0 Å². The van der Waals surface area contributed by atoms with Gasteiger partial charge in [-0.3, -0.25) is 0 Å². The molecule has 0 spiro atoms. The number of pyridine rings is 1. The first-order valence-corrected chi connectivity index (χ1v) is 6.11. The summed E-state index contributed by atoms with van der Waals surface area (Å²) < 4.78 is 1.93. The number of rotatable bonds is 4. The van der Waals surface area contributed by atoms with Crippen LogP contribution in [0.25, 0.3) is 0 Å². The zero-order valence-corrected chi connectivity index (χ0v) is 11.5. The van der Waals surface area contributed by atoms with Gasteiger partial charge in [0.05, 0.1) is 16.6 Å². The van der Waals surface area contributed by atoms with E-state index in [1.807, 2.05) is 17.8 Å². The molecule has 0 fully saturated rings. The SMILES string of the molecule is CNc1nc(NCc2nccn2C)c(Cl)cc1Cl. The number of hydrogen-bond donors (Lipinski definition) is 2. The molecule has 2 aromatic heterocycles. The minimum absolute atomic E-state index is 0.480. The molecule has 0 aliphatic heterocycles. The van der Waals surface area contributed by atoms with Crippen LogP contribution in [0.1, 0.15) is 5.82 Å². The number of imidazole rings is 1. The summed E-state index contributed by atoms with van der Waals surface area (Å²) in [5, 5.41) is 7.01. The number of aryl methyl sites for hydroxylation is 1. The van der Waals surface area contributed by atoms with Gasteiger partial charge in [0, 0.05) is 26.5 Å². The van der Waals surface area contributed by atoms with Gasteiger partial charge in [0.15, 0.2) is 0 Å². The topological polar surface area (TPSA) is 54.8 Å². The van der Waals surface area contributed by atoms with Gasteiger partial charge in [-0.15, -0.1) is 0 Å². The van der Waals surface area contributed by atoms with Crippen molar-refractivity contribution >= 4 is 34.8 Å². The van der Waals surface area contributed by atoms with Crippen LogP contribution in [0.15, 0.2) is 18.5 Å². The molecule has 0 atom stereocenters. The predicted octanol–water partition coefficient (Wildman–Crippen LogP) is 2.78. The Kier molecular flexibility index (Phi) is 3.93. The molecule has 0 aliphatic carbocycles. The van der Waals surface area contributed by atoms with E-state index in [4.69, 9.17) is 23.2 Å². The van der Waals surface area contributed by atoms with Gasteiger partial charge in [-0.1, -0.05) is 23.2 Å². The fourth-order valence-corrected chi connectivity index (χ4v) is 2.02. The second-order valence-corrected chi connectivity index (χ2v) is 4.52. The molecule has 96 valence electrons. The van der Waals surface area contributed by atoms with Gasteiger partial charge in [-0.25, -0.2) is 9.97 Å². The summed E-state index contributed by atoms with van der Waals surface area (Å²) in [6.45, 7) is 0.543. The third kappa shape index (κ3) is 2.68. The van der Waals surface area contributed by atoms with E-state index in [9.17, 15) is 0 Å². The molecule has 2 heterocycles. The lowest BCUT2D eigenvalue weighted by Gasteiger charge is -2.10. The maximum Gasteiger partial charge on any atom is 0.147 e. The van der Waals surface area contributed by atoms with Crippen LogP contribution < -0.4 is 10.6 Å². The zero-order chi connectivity index (χ0) is 13.1. The maximum atomic E-state index is 6.07. The molecule has 0 amide bonds. The van der Waals surface area contributed by atoms with Gasteiger partial charge in [-0.05, 0) is 6.07 Å². The molecular formula is C11H13Cl2N5. The smallest absolute Gasteiger partial charge is 0.147 e. The third-order valence-electron chi connectivity index (χ3n) is 2.50. The van der Waals surface area contributed by atoms with Gasteiger partial charge in [0.2, 0.25) is 0 Å². The zero-order valence-electron chi connectivity index (χ0n) is 10.0. The molecule has 2 aromatic rings. The summed E-state index contributed by atoms with van der Waals surface area (Å²) >= 11 is 12.0. The first-order valence-electron chi connectivity index (χ1n) is 5.35. The highest BCUT2D eigenvalue weighted by atomic mass is 35.5. The molecule has 0 saturated carbocycles. The van der Waals surface area contributed by atoms with E-state index in [2.05, 4.69) is 20.6 Å². The van der Waals surface area contributed by atoms with Crippen molar-refractivity contribution in [1.82, 2.24) is 14.5 Å². The molecule has 0 aromatic carbocycles. The van der Waals surface area contributed by atoms with Crippen LogP contribution in [0.3, 0.4) is 0 Å². The number of nitrogens with zero attached hydrogens (tertiary/aromatic N) is 3. The summed E-state index contributed by atoms with van der Waals surface area (Å²) in [4.78, 5) is 8.50. The van der Waals surface area contributed by atoms with Gasteiger partial charge in [0.25, 0.3) is 0 Å². The normalized spacial score (nSPS) is 10.4. The monoisotopic (exact) mass is 285 g/mol. The maximum absolute atomic E-state index is 6.07. The largest absolute Gasteiger partial charge is 0.372 e. The van der Waals surface area contributed by atoms with E-state index < -0.39 is 0 Å². The van der Waals surface area contributed by atoms with E-state index in [0.29, 0.717) is 28.2 Å². The van der Waals surface area contributed by atoms with Gasteiger partial charge < -0.3 is 15.2 Å². The molecular weight excluding hydrogens is 273 g/mol. The number of anilines is 2. The summed E-state index contributed by atoms with van der Waals surface area (Å²) in [7, 11) is 3.69. The van der Waals surface area contributed by atoms with E-state index in [1.165, 1.54) is 0 Å². The van der Waals surface area contributed by atoms with Crippen molar-refractivity contribution in [3.8, 4) is 0 Å². The fraction of sp³-hybridized carbons (Fsp3) is 0.273. The minimum atomic E-state index is 0.480. The molecule has 0 bridgehead atoms.